The van der Waals surface area contributed by atoms with Gasteiger partial charge in [0.15, 0.2) is 0 Å². The Morgan fingerprint density at radius 1 is 0.960 bits per heavy atom. The Morgan fingerprint density at radius 2 is 1.76 bits per heavy atom. The van der Waals surface area contributed by atoms with Crippen LogP contribution in [-0.2, 0) is 0 Å². The molecule has 0 atom stereocenters. The number of hydrogen-bond donors (Lipinski definition) is 1. The summed E-state index contributed by atoms with van der Waals surface area (Å²) in [5, 5.41) is 8.20. The summed E-state index contributed by atoms with van der Waals surface area (Å²) in [5.41, 5.74) is 6.94. The zero-order valence-corrected chi connectivity index (χ0v) is 14.0. The minimum absolute atomic E-state index is 0.969. The van der Waals surface area contributed by atoms with Gasteiger partial charge >= 0.3 is 0 Å². The second-order valence-electron chi connectivity index (χ2n) is 5.94. The third kappa shape index (κ3) is 3.19. The number of hydrogen-bond acceptors (Lipinski definition) is 3. The van der Waals surface area contributed by atoms with Gasteiger partial charge in [-0.05, 0) is 40.8 Å². The van der Waals surface area contributed by atoms with Crippen molar-refractivity contribution in [2.75, 3.05) is 0 Å². The first-order valence-corrected chi connectivity index (χ1v) is 8.33. The molecule has 4 nitrogen and oxygen atoms in total. The summed E-state index contributed by atoms with van der Waals surface area (Å²) >= 11 is 0. The fourth-order valence-electron chi connectivity index (χ4n) is 2.97. The molecular formula is C21H18N4. The summed E-state index contributed by atoms with van der Waals surface area (Å²) in [6.07, 6.45) is 10.3. The largest absolute Gasteiger partial charge is 0.278 e. The average molecular weight is 326 g/mol. The van der Waals surface area contributed by atoms with Gasteiger partial charge in [0.2, 0.25) is 0 Å². The topological polar surface area (TPSA) is 54.5 Å². The number of benzene rings is 2. The molecule has 0 radical (unpaired) electrons. The molecule has 0 aliphatic heterocycles. The van der Waals surface area contributed by atoms with Crippen molar-refractivity contribution in [2.45, 2.75) is 13.3 Å². The van der Waals surface area contributed by atoms with Gasteiger partial charge in [-0.3, -0.25) is 5.10 Å². The normalized spacial score (nSPS) is 11.8. The number of allylic oxidation sites excluding steroid dienone is 1. The van der Waals surface area contributed by atoms with E-state index in [1.807, 2.05) is 18.6 Å². The number of H-pyrrole nitrogens is 1. The van der Waals surface area contributed by atoms with E-state index in [9.17, 15) is 0 Å². The highest BCUT2D eigenvalue weighted by molar-refractivity contribution is 5.86. The van der Waals surface area contributed by atoms with Gasteiger partial charge in [-0.25, -0.2) is 9.97 Å². The number of rotatable bonds is 4. The lowest BCUT2D eigenvalue weighted by Crippen LogP contribution is -1.86. The van der Waals surface area contributed by atoms with Crippen molar-refractivity contribution in [3.63, 3.8) is 0 Å². The second-order valence-corrected chi connectivity index (χ2v) is 5.94. The van der Waals surface area contributed by atoms with E-state index in [1.165, 1.54) is 16.7 Å². The van der Waals surface area contributed by atoms with Crippen molar-refractivity contribution >= 4 is 22.6 Å². The number of fused-ring (bicyclic) bond motifs is 1. The van der Waals surface area contributed by atoms with Gasteiger partial charge in [-0.15, -0.1) is 0 Å². The van der Waals surface area contributed by atoms with Crippen molar-refractivity contribution in [2.24, 2.45) is 0 Å². The van der Waals surface area contributed by atoms with Crippen LogP contribution in [0.2, 0.25) is 0 Å². The minimum Gasteiger partial charge on any atom is -0.278 e. The van der Waals surface area contributed by atoms with Crippen LogP contribution in [0.15, 0.2) is 67.4 Å². The van der Waals surface area contributed by atoms with Crippen LogP contribution >= 0.6 is 0 Å². The maximum Gasteiger partial charge on any atom is 0.115 e. The van der Waals surface area contributed by atoms with E-state index in [1.54, 1.807) is 6.33 Å². The highest BCUT2D eigenvalue weighted by Gasteiger charge is 2.03. The SMILES string of the molecule is CC/C(=C\c1ccc2[nH]ncc2c1)c1ccc(-c2cncnc2)cc1. The van der Waals surface area contributed by atoms with Crippen LogP contribution in [0.3, 0.4) is 0 Å². The Bertz CT molecular complexity index is 1010. The van der Waals surface area contributed by atoms with Crippen LogP contribution in [0, 0.1) is 0 Å². The number of aromatic nitrogens is 4. The minimum atomic E-state index is 0.969. The highest BCUT2D eigenvalue weighted by Crippen LogP contribution is 2.26. The molecule has 0 fully saturated rings. The quantitative estimate of drug-likeness (QED) is 0.539. The van der Waals surface area contributed by atoms with Crippen LogP contribution < -0.4 is 0 Å². The summed E-state index contributed by atoms with van der Waals surface area (Å²) in [7, 11) is 0. The Labute approximate surface area is 146 Å². The average Bonchev–Trinajstić information content (AvgIpc) is 3.15. The first-order chi connectivity index (χ1) is 12.3. The summed E-state index contributed by atoms with van der Waals surface area (Å²) < 4.78 is 0. The maximum absolute atomic E-state index is 4.08. The molecule has 4 rings (SSSR count). The molecule has 2 aromatic heterocycles. The first-order valence-electron chi connectivity index (χ1n) is 8.33. The smallest absolute Gasteiger partial charge is 0.115 e. The lowest BCUT2D eigenvalue weighted by atomic mass is 9.98. The Hall–Kier alpha value is -3.27. The van der Waals surface area contributed by atoms with E-state index in [4.69, 9.17) is 0 Å². The molecule has 0 aliphatic rings. The van der Waals surface area contributed by atoms with Crippen molar-refractivity contribution in [3.8, 4) is 11.1 Å². The van der Waals surface area contributed by atoms with Crippen molar-refractivity contribution in [1.82, 2.24) is 20.2 Å². The molecule has 0 saturated heterocycles. The predicted molar refractivity (Wildman–Crippen MR) is 102 cm³/mol. The molecule has 0 amide bonds. The molecule has 0 saturated carbocycles. The molecule has 0 spiro atoms. The summed E-state index contributed by atoms with van der Waals surface area (Å²) in [5.74, 6) is 0. The van der Waals surface area contributed by atoms with Gasteiger partial charge in [0, 0.05) is 23.3 Å². The molecule has 2 heterocycles. The molecule has 122 valence electrons. The summed E-state index contributed by atoms with van der Waals surface area (Å²) in [6.45, 7) is 2.18. The van der Waals surface area contributed by atoms with E-state index < -0.39 is 0 Å². The van der Waals surface area contributed by atoms with Gasteiger partial charge in [-0.1, -0.05) is 43.3 Å². The van der Waals surface area contributed by atoms with Crippen LogP contribution in [0.1, 0.15) is 24.5 Å². The monoisotopic (exact) mass is 326 g/mol. The third-order valence-corrected chi connectivity index (χ3v) is 4.34. The van der Waals surface area contributed by atoms with Crippen LogP contribution in [0.25, 0.3) is 33.7 Å². The Balaban J connectivity index is 1.66. The van der Waals surface area contributed by atoms with Gasteiger partial charge in [0.25, 0.3) is 0 Å². The molecule has 0 unspecified atom stereocenters. The highest BCUT2D eigenvalue weighted by atomic mass is 15.1. The molecule has 4 aromatic rings. The molecule has 25 heavy (non-hydrogen) atoms. The summed E-state index contributed by atoms with van der Waals surface area (Å²) in [4.78, 5) is 8.16. The first kappa shape index (κ1) is 15.3. The maximum atomic E-state index is 4.08. The number of aromatic amines is 1. The van der Waals surface area contributed by atoms with Crippen LogP contribution in [0.5, 0.6) is 0 Å². The second kappa shape index (κ2) is 6.69. The molecule has 1 N–H and O–H groups in total. The molecule has 0 aliphatic carbocycles. The molecular weight excluding hydrogens is 308 g/mol. The number of nitrogens with zero attached hydrogens (tertiary/aromatic N) is 3. The standard InChI is InChI=1S/C21H18N4/c1-2-16(9-15-3-8-21-19(10-15)13-24-25-21)17-4-6-18(7-5-17)20-11-22-14-23-12-20/h3-14H,2H2,1H3,(H,24,25)/b16-9+. The fourth-order valence-corrected chi connectivity index (χ4v) is 2.97. The van der Waals surface area contributed by atoms with Crippen molar-refractivity contribution < 1.29 is 0 Å². The zero-order chi connectivity index (χ0) is 17.1. The van der Waals surface area contributed by atoms with Crippen LogP contribution in [0.4, 0.5) is 0 Å². The lowest BCUT2D eigenvalue weighted by Gasteiger charge is -2.07. The third-order valence-electron chi connectivity index (χ3n) is 4.34. The van der Waals surface area contributed by atoms with Crippen LogP contribution in [-0.4, -0.2) is 20.2 Å². The number of nitrogens with one attached hydrogen (secondary N) is 1. The van der Waals surface area contributed by atoms with Crippen molar-refractivity contribution in [3.05, 3.63) is 78.5 Å². The summed E-state index contributed by atoms with van der Waals surface area (Å²) in [6, 6.07) is 14.9. The van der Waals surface area contributed by atoms with E-state index in [0.717, 1.165) is 28.5 Å². The predicted octanol–water partition coefficient (Wildman–Crippen LogP) is 4.97. The Kier molecular flexibility index (Phi) is 4.09. The van der Waals surface area contributed by atoms with E-state index >= 15 is 0 Å². The lowest BCUT2D eigenvalue weighted by molar-refractivity contribution is 1.12. The Morgan fingerprint density at radius 3 is 2.52 bits per heavy atom. The van der Waals surface area contributed by atoms with E-state index in [0.29, 0.717) is 0 Å². The van der Waals surface area contributed by atoms with Gasteiger partial charge < -0.3 is 0 Å². The van der Waals surface area contributed by atoms with Gasteiger partial charge in [0.1, 0.15) is 6.33 Å². The molecule has 4 heteroatoms. The van der Waals surface area contributed by atoms with Gasteiger partial charge in [-0.2, -0.15) is 5.10 Å². The van der Waals surface area contributed by atoms with Crippen molar-refractivity contribution in [1.29, 1.82) is 0 Å². The van der Waals surface area contributed by atoms with Gasteiger partial charge in [0.05, 0.1) is 11.7 Å². The fraction of sp³-hybridized carbons (Fsp3) is 0.0952. The van der Waals surface area contributed by atoms with E-state index in [-0.39, 0.29) is 0 Å². The van der Waals surface area contributed by atoms with E-state index in [2.05, 4.69) is 75.6 Å². The molecule has 2 aromatic carbocycles. The molecule has 0 bridgehead atoms. The zero-order valence-electron chi connectivity index (χ0n) is 14.0.